The molecule has 0 unspecified atom stereocenters. The van der Waals surface area contributed by atoms with E-state index in [1.807, 2.05) is 6.07 Å². The van der Waals surface area contributed by atoms with Gasteiger partial charge in [-0.3, -0.25) is 15.5 Å². The summed E-state index contributed by atoms with van der Waals surface area (Å²) in [6, 6.07) is 10.3. The lowest BCUT2D eigenvalue weighted by Crippen LogP contribution is -2.14. The highest BCUT2D eigenvalue weighted by molar-refractivity contribution is 5.85. The zero-order valence-electron chi connectivity index (χ0n) is 17.3. The Morgan fingerprint density at radius 2 is 1.79 bits per heavy atom. The Balaban J connectivity index is 1.86. The Hall–Kier alpha value is -2.89. The summed E-state index contributed by atoms with van der Waals surface area (Å²) in [5, 5.41) is 25.9. The van der Waals surface area contributed by atoms with Crippen molar-refractivity contribution < 1.29 is 10.0 Å². The van der Waals surface area contributed by atoms with E-state index in [1.165, 1.54) is 49.8 Å². The third-order valence-electron chi connectivity index (χ3n) is 5.52. The van der Waals surface area contributed by atoms with Crippen molar-refractivity contribution in [1.29, 1.82) is 0 Å². The number of hydrazone groups is 1. The molecule has 1 fully saturated rings. The molecule has 0 atom stereocenters. The maximum absolute atomic E-state index is 10.8. The van der Waals surface area contributed by atoms with Gasteiger partial charge >= 0.3 is 0 Å². The minimum Gasteiger partial charge on any atom is -0.507 e. The zero-order valence-corrected chi connectivity index (χ0v) is 17.3. The topological polar surface area (TPSA) is 87.8 Å². The molecule has 0 aliphatic heterocycles. The first-order valence-electron chi connectivity index (χ1n) is 10.2. The van der Waals surface area contributed by atoms with Crippen LogP contribution in [0.5, 0.6) is 5.75 Å². The molecular weight excluding hydrogens is 366 g/mol. The van der Waals surface area contributed by atoms with E-state index in [9.17, 15) is 15.2 Å². The minimum absolute atomic E-state index is 0.0344. The Bertz CT molecular complexity index is 893. The molecule has 1 aliphatic rings. The molecule has 154 valence electrons. The summed E-state index contributed by atoms with van der Waals surface area (Å²) < 4.78 is 0. The van der Waals surface area contributed by atoms with Crippen LogP contribution in [-0.2, 0) is 5.41 Å². The van der Waals surface area contributed by atoms with Crippen LogP contribution in [0.25, 0.3) is 0 Å². The Labute approximate surface area is 171 Å². The van der Waals surface area contributed by atoms with E-state index >= 15 is 0 Å². The van der Waals surface area contributed by atoms with Crippen LogP contribution in [0.2, 0.25) is 0 Å². The van der Waals surface area contributed by atoms with Gasteiger partial charge in [0.2, 0.25) is 0 Å². The number of rotatable bonds is 5. The van der Waals surface area contributed by atoms with Crippen molar-refractivity contribution in [2.75, 3.05) is 5.43 Å². The summed E-state index contributed by atoms with van der Waals surface area (Å²) in [6.07, 6.45) is 7.80. The van der Waals surface area contributed by atoms with Crippen molar-refractivity contribution in [2.45, 2.75) is 64.2 Å². The lowest BCUT2D eigenvalue weighted by atomic mass is 9.79. The van der Waals surface area contributed by atoms with Gasteiger partial charge in [-0.1, -0.05) is 46.1 Å². The molecule has 0 aromatic heterocycles. The molecule has 1 saturated carbocycles. The fourth-order valence-corrected chi connectivity index (χ4v) is 3.86. The molecule has 0 heterocycles. The lowest BCUT2D eigenvalue weighted by molar-refractivity contribution is -0.384. The maximum atomic E-state index is 10.8. The van der Waals surface area contributed by atoms with Crippen LogP contribution in [0, 0.1) is 10.1 Å². The van der Waals surface area contributed by atoms with Crippen LogP contribution in [-0.4, -0.2) is 16.2 Å². The quantitative estimate of drug-likeness (QED) is 0.364. The normalized spacial score (nSPS) is 15.6. The molecule has 6 heteroatoms. The van der Waals surface area contributed by atoms with Crippen LogP contribution in [0.3, 0.4) is 0 Å². The Morgan fingerprint density at radius 3 is 2.38 bits per heavy atom. The van der Waals surface area contributed by atoms with Crippen LogP contribution in [0.15, 0.2) is 41.5 Å². The highest BCUT2D eigenvalue weighted by Crippen LogP contribution is 2.39. The van der Waals surface area contributed by atoms with E-state index in [1.54, 1.807) is 18.3 Å². The molecule has 0 saturated heterocycles. The summed E-state index contributed by atoms with van der Waals surface area (Å²) in [4.78, 5) is 10.3. The molecule has 29 heavy (non-hydrogen) atoms. The van der Waals surface area contributed by atoms with Gasteiger partial charge in [-0.15, -0.1) is 0 Å². The highest BCUT2D eigenvalue weighted by atomic mass is 16.6. The fourth-order valence-electron chi connectivity index (χ4n) is 3.86. The number of phenols is 1. The Kier molecular flexibility index (Phi) is 6.20. The minimum atomic E-state index is -0.435. The number of hydrogen-bond acceptors (Lipinski definition) is 5. The van der Waals surface area contributed by atoms with Crippen molar-refractivity contribution in [3.63, 3.8) is 0 Å². The molecule has 0 radical (unpaired) electrons. The second kappa shape index (κ2) is 8.64. The summed E-state index contributed by atoms with van der Waals surface area (Å²) in [5.41, 5.74) is 6.26. The predicted octanol–water partition coefficient (Wildman–Crippen LogP) is 6.09. The van der Waals surface area contributed by atoms with E-state index < -0.39 is 4.92 Å². The van der Waals surface area contributed by atoms with Gasteiger partial charge < -0.3 is 5.11 Å². The fraction of sp³-hybridized carbons (Fsp3) is 0.435. The summed E-state index contributed by atoms with van der Waals surface area (Å²) >= 11 is 0. The first-order valence-corrected chi connectivity index (χ1v) is 10.2. The second-order valence-corrected chi connectivity index (χ2v) is 8.77. The third-order valence-corrected chi connectivity index (χ3v) is 5.52. The summed E-state index contributed by atoms with van der Waals surface area (Å²) in [5.74, 6) is 0.784. The van der Waals surface area contributed by atoms with Crippen molar-refractivity contribution in [1.82, 2.24) is 0 Å². The average molecular weight is 396 g/mol. The molecule has 3 rings (SSSR count). The smallest absolute Gasteiger partial charge is 0.269 e. The molecule has 0 amide bonds. The molecule has 0 bridgehead atoms. The number of phenolic OH excluding ortho intramolecular Hbond substituents is 1. The van der Waals surface area contributed by atoms with Gasteiger partial charge in [0.25, 0.3) is 5.69 Å². The molecule has 1 aliphatic carbocycles. The van der Waals surface area contributed by atoms with Gasteiger partial charge in [-0.05, 0) is 47.9 Å². The largest absolute Gasteiger partial charge is 0.507 e. The monoisotopic (exact) mass is 395 g/mol. The number of anilines is 1. The predicted molar refractivity (Wildman–Crippen MR) is 117 cm³/mol. The van der Waals surface area contributed by atoms with E-state index in [-0.39, 0.29) is 16.9 Å². The van der Waals surface area contributed by atoms with Gasteiger partial charge in [-0.2, -0.15) is 5.10 Å². The van der Waals surface area contributed by atoms with Gasteiger partial charge in [-0.25, -0.2) is 0 Å². The standard InChI is InChI=1S/C23H29N3O3/c1-23(2,3)21-14-17(16-7-5-4-6-8-16)13-18(22(21)27)15-24-25-19-9-11-20(12-10-19)26(28)29/h9-16,25,27H,4-8H2,1-3H3. The first-order chi connectivity index (χ1) is 13.8. The molecule has 2 N–H and O–H groups in total. The number of non-ortho nitro benzene ring substituents is 1. The van der Waals surface area contributed by atoms with E-state index in [4.69, 9.17) is 0 Å². The number of nitro benzene ring substituents is 1. The molecule has 2 aromatic carbocycles. The van der Waals surface area contributed by atoms with Crippen LogP contribution in [0.1, 0.15) is 75.5 Å². The number of benzene rings is 2. The van der Waals surface area contributed by atoms with Crippen molar-refractivity contribution in [2.24, 2.45) is 5.10 Å². The molecule has 2 aromatic rings. The van der Waals surface area contributed by atoms with Gasteiger partial charge in [0.1, 0.15) is 5.75 Å². The van der Waals surface area contributed by atoms with Crippen molar-refractivity contribution >= 4 is 17.6 Å². The first kappa shape index (κ1) is 20.8. The van der Waals surface area contributed by atoms with Crippen LogP contribution >= 0.6 is 0 Å². The number of aromatic hydroxyl groups is 1. The summed E-state index contributed by atoms with van der Waals surface area (Å²) in [6.45, 7) is 6.30. The van der Waals surface area contributed by atoms with Gasteiger partial charge in [0.15, 0.2) is 0 Å². The average Bonchev–Trinajstić information content (AvgIpc) is 2.69. The number of nitro groups is 1. The van der Waals surface area contributed by atoms with Crippen molar-refractivity contribution in [3.8, 4) is 5.75 Å². The number of nitrogens with one attached hydrogen (secondary N) is 1. The lowest BCUT2D eigenvalue weighted by Gasteiger charge is -2.27. The van der Waals surface area contributed by atoms with Gasteiger partial charge in [0.05, 0.1) is 16.8 Å². The van der Waals surface area contributed by atoms with Crippen LogP contribution in [0.4, 0.5) is 11.4 Å². The van der Waals surface area contributed by atoms with Gasteiger partial charge in [0, 0.05) is 23.3 Å². The van der Waals surface area contributed by atoms with E-state index in [2.05, 4.69) is 37.4 Å². The maximum Gasteiger partial charge on any atom is 0.269 e. The third kappa shape index (κ3) is 5.13. The van der Waals surface area contributed by atoms with E-state index in [0.29, 0.717) is 17.2 Å². The SMILES string of the molecule is CC(C)(C)c1cc(C2CCCCC2)cc(C=NNc2ccc([N+](=O)[O-])cc2)c1O. The highest BCUT2D eigenvalue weighted by Gasteiger charge is 2.24. The molecule has 0 spiro atoms. The zero-order chi connectivity index (χ0) is 21.0. The van der Waals surface area contributed by atoms with Crippen molar-refractivity contribution in [3.05, 3.63) is 63.2 Å². The number of hydrogen-bond donors (Lipinski definition) is 2. The van der Waals surface area contributed by atoms with E-state index in [0.717, 1.165) is 5.56 Å². The molecule has 6 nitrogen and oxygen atoms in total. The summed E-state index contributed by atoms with van der Waals surface area (Å²) in [7, 11) is 0. The number of nitrogens with zero attached hydrogens (tertiary/aromatic N) is 2. The Morgan fingerprint density at radius 1 is 1.14 bits per heavy atom. The van der Waals surface area contributed by atoms with Crippen LogP contribution < -0.4 is 5.43 Å². The second-order valence-electron chi connectivity index (χ2n) is 8.77. The molecular formula is C23H29N3O3.